The minimum atomic E-state index is -2.87. The van der Waals surface area contributed by atoms with Crippen LogP contribution in [0.1, 0.15) is 36.5 Å². The largest absolute Gasteiger partial charge is 0.508 e. The smallest absolute Gasteiger partial charge is 0.387 e. The maximum absolute atomic E-state index is 12.1. The molecule has 0 saturated carbocycles. The Bertz CT molecular complexity index is 799. The Hall–Kier alpha value is -2.89. The number of aryl methyl sites for hydroxylation is 1. The first-order valence-corrected chi connectivity index (χ1v) is 8.13. The van der Waals surface area contributed by atoms with Crippen molar-refractivity contribution in [1.82, 2.24) is 0 Å². The normalized spacial score (nSPS) is 11.3. The van der Waals surface area contributed by atoms with Gasteiger partial charge in [0.15, 0.2) is 0 Å². The van der Waals surface area contributed by atoms with Gasteiger partial charge in [-0.15, -0.1) is 0 Å². The molecule has 0 bridgehead atoms. The van der Waals surface area contributed by atoms with Crippen molar-refractivity contribution in [2.75, 3.05) is 5.32 Å². The zero-order chi connectivity index (χ0) is 19.3. The highest BCUT2D eigenvalue weighted by atomic mass is 19.3. The van der Waals surface area contributed by atoms with Crippen LogP contribution in [0, 0.1) is 6.92 Å². The summed E-state index contributed by atoms with van der Waals surface area (Å²) in [4.78, 5) is 12.1. The fourth-order valence-corrected chi connectivity index (χ4v) is 2.41. The van der Waals surface area contributed by atoms with Gasteiger partial charge in [-0.3, -0.25) is 4.79 Å². The van der Waals surface area contributed by atoms with E-state index in [1.54, 1.807) is 37.3 Å². The number of halogens is 2. The average molecular weight is 361 g/mol. The molecule has 0 atom stereocenters. The number of carbonyl (C=O) groups excluding carboxylic acids is 1. The molecule has 0 radical (unpaired) electrons. The number of ether oxygens (including phenoxy) is 1. The third kappa shape index (κ3) is 5.31. The zero-order valence-electron chi connectivity index (χ0n) is 14.8. The van der Waals surface area contributed by atoms with Gasteiger partial charge in [0.2, 0.25) is 5.91 Å². The maximum atomic E-state index is 12.1. The summed E-state index contributed by atoms with van der Waals surface area (Å²) in [5, 5.41) is 12.7. The summed E-state index contributed by atoms with van der Waals surface area (Å²) < 4.78 is 28.5. The van der Waals surface area contributed by atoms with E-state index in [1.165, 1.54) is 18.2 Å². The molecule has 2 N–H and O–H groups in total. The van der Waals surface area contributed by atoms with Gasteiger partial charge < -0.3 is 15.2 Å². The Labute approximate surface area is 151 Å². The lowest BCUT2D eigenvalue weighted by Gasteiger charge is -2.13. The molecule has 6 heteroatoms. The third-order valence-corrected chi connectivity index (χ3v) is 3.79. The molecule has 0 aromatic heterocycles. The molecule has 2 aromatic rings. The summed E-state index contributed by atoms with van der Waals surface area (Å²) in [6.07, 6.45) is 2.92. The van der Waals surface area contributed by atoms with Crippen LogP contribution in [0.25, 0.3) is 6.08 Å². The Morgan fingerprint density at radius 2 is 1.85 bits per heavy atom. The number of hydrogen-bond acceptors (Lipinski definition) is 3. The molecule has 138 valence electrons. The molecule has 0 unspecified atom stereocenters. The van der Waals surface area contributed by atoms with E-state index in [2.05, 4.69) is 10.1 Å². The topological polar surface area (TPSA) is 58.6 Å². The van der Waals surface area contributed by atoms with E-state index in [0.29, 0.717) is 11.3 Å². The number of anilines is 1. The van der Waals surface area contributed by atoms with Crippen LogP contribution in [0.15, 0.2) is 42.5 Å². The van der Waals surface area contributed by atoms with Gasteiger partial charge in [-0.1, -0.05) is 26.0 Å². The minimum absolute atomic E-state index is 0.0579. The molecule has 4 nitrogen and oxygen atoms in total. The number of alkyl halides is 2. The van der Waals surface area contributed by atoms with Gasteiger partial charge in [-0.2, -0.15) is 8.78 Å². The first kappa shape index (κ1) is 19.4. The second kappa shape index (κ2) is 8.47. The van der Waals surface area contributed by atoms with Crippen LogP contribution >= 0.6 is 0 Å². The van der Waals surface area contributed by atoms with Crippen molar-refractivity contribution in [3.05, 3.63) is 59.2 Å². The number of phenolic OH excluding ortho intramolecular Hbond substituents is 1. The molecule has 0 aliphatic heterocycles. The van der Waals surface area contributed by atoms with E-state index in [9.17, 15) is 18.7 Å². The van der Waals surface area contributed by atoms with Crippen molar-refractivity contribution in [3.63, 3.8) is 0 Å². The molecular weight excluding hydrogens is 340 g/mol. The fourth-order valence-electron chi connectivity index (χ4n) is 2.41. The van der Waals surface area contributed by atoms with E-state index < -0.39 is 6.61 Å². The van der Waals surface area contributed by atoms with E-state index in [4.69, 9.17) is 0 Å². The standard InChI is InChI=1S/C20H21F2NO3/c1-12(2)16-11-17(13(3)10-18(16)24)23-19(25)9-6-14-4-7-15(8-5-14)26-20(21)22/h4-12,20,24H,1-3H3,(H,23,25)/b9-6+. The van der Waals surface area contributed by atoms with Gasteiger partial charge in [0, 0.05) is 11.8 Å². The number of carbonyl (C=O) groups is 1. The highest BCUT2D eigenvalue weighted by molar-refractivity contribution is 6.02. The van der Waals surface area contributed by atoms with Crippen molar-refractivity contribution in [1.29, 1.82) is 0 Å². The molecular formula is C20H21F2NO3. The van der Waals surface area contributed by atoms with Gasteiger partial charge in [0.05, 0.1) is 0 Å². The number of amides is 1. The number of rotatable bonds is 6. The van der Waals surface area contributed by atoms with Gasteiger partial charge in [-0.25, -0.2) is 0 Å². The number of benzene rings is 2. The first-order valence-electron chi connectivity index (χ1n) is 8.13. The average Bonchev–Trinajstić information content (AvgIpc) is 2.56. The van der Waals surface area contributed by atoms with Crippen LogP contribution in [0.5, 0.6) is 11.5 Å². The molecule has 0 aliphatic rings. The SMILES string of the molecule is Cc1cc(O)c(C(C)C)cc1NC(=O)/C=C/c1ccc(OC(F)F)cc1. The molecule has 2 aromatic carbocycles. The number of aromatic hydroxyl groups is 1. The van der Waals surface area contributed by atoms with E-state index in [-0.39, 0.29) is 23.3 Å². The number of phenols is 1. The van der Waals surface area contributed by atoms with Gasteiger partial charge >= 0.3 is 6.61 Å². The lowest BCUT2D eigenvalue weighted by molar-refractivity contribution is -0.111. The van der Waals surface area contributed by atoms with Crippen LogP contribution < -0.4 is 10.1 Å². The molecule has 0 fully saturated rings. The summed E-state index contributed by atoms with van der Waals surface area (Å²) in [7, 11) is 0. The molecule has 2 rings (SSSR count). The summed E-state index contributed by atoms with van der Waals surface area (Å²) in [6.45, 7) is 2.84. The predicted molar refractivity (Wildman–Crippen MR) is 97.7 cm³/mol. The fraction of sp³-hybridized carbons (Fsp3) is 0.250. The summed E-state index contributed by atoms with van der Waals surface area (Å²) in [5.41, 5.74) is 2.81. The minimum Gasteiger partial charge on any atom is -0.508 e. The van der Waals surface area contributed by atoms with Crippen molar-refractivity contribution in [3.8, 4) is 11.5 Å². The quantitative estimate of drug-likeness (QED) is 0.557. The second-order valence-corrected chi connectivity index (χ2v) is 6.15. The highest BCUT2D eigenvalue weighted by Crippen LogP contribution is 2.31. The van der Waals surface area contributed by atoms with Crippen molar-refractivity contribution >= 4 is 17.7 Å². The van der Waals surface area contributed by atoms with Crippen molar-refractivity contribution < 1.29 is 23.4 Å². The van der Waals surface area contributed by atoms with Crippen LogP contribution in [0.4, 0.5) is 14.5 Å². The molecule has 26 heavy (non-hydrogen) atoms. The van der Waals surface area contributed by atoms with Gasteiger partial charge in [-0.05, 0) is 59.9 Å². The zero-order valence-corrected chi connectivity index (χ0v) is 14.8. The van der Waals surface area contributed by atoms with E-state index in [1.807, 2.05) is 13.8 Å². The molecule has 0 heterocycles. The first-order chi connectivity index (χ1) is 12.3. The Morgan fingerprint density at radius 1 is 1.19 bits per heavy atom. The number of nitrogens with one attached hydrogen (secondary N) is 1. The number of hydrogen-bond donors (Lipinski definition) is 2. The summed E-state index contributed by atoms with van der Waals surface area (Å²) >= 11 is 0. The summed E-state index contributed by atoms with van der Waals surface area (Å²) in [6, 6.07) is 9.34. The van der Waals surface area contributed by atoms with Gasteiger partial charge in [0.1, 0.15) is 11.5 Å². The van der Waals surface area contributed by atoms with Crippen LogP contribution in [-0.2, 0) is 4.79 Å². The van der Waals surface area contributed by atoms with Gasteiger partial charge in [0.25, 0.3) is 0 Å². The van der Waals surface area contributed by atoms with E-state index in [0.717, 1.165) is 11.1 Å². The second-order valence-electron chi connectivity index (χ2n) is 6.15. The lowest BCUT2D eigenvalue weighted by atomic mass is 9.99. The predicted octanol–water partition coefficient (Wildman–Crippen LogP) is 5.08. The van der Waals surface area contributed by atoms with Crippen LogP contribution in [0.3, 0.4) is 0 Å². The Kier molecular flexibility index (Phi) is 6.33. The molecule has 0 spiro atoms. The Balaban J connectivity index is 2.06. The monoisotopic (exact) mass is 361 g/mol. The Morgan fingerprint density at radius 3 is 2.42 bits per heavy atom. The maximum Gasteiger partial charge on any atom is 0.387 e. The third-order valence-electron chi connectivity index (χ3n) is 3.79. The van der Waals surface area contributed by atoms with Crippen molar-refractivity contribution in [2.45, 2.75) is 33.3 Å². The highest BCUT2D eigenvalue weighted by Gasteiger charge is 2.11. The molecule has 1 amide bonds. The van der Waals surface area contributed by atoms with Crippen LogP contribution in [-0.4, -0.2) is 17.6 Å². The van der Waals surface area contributed by atoms with Crippen LogP contribution in [0.2, 0.25) is 0 Å². The van der Waals surface area contributed by atoms with E-state index >= 15 is 0 Å². The molecule has 0 saturated heterocycles. The molecule has 0 aliphatic carbocycles. The lowest BCUT2D eigenvalue weighted by Crippen LogP contribution is -2.09. The van der Waals surface area contributed by atoms with Crippen molar-refractivity contribution in [2.24, 2.45) is 0 Å². The summed E-state index contributed by atoms with van der Waals surface area (Å²) in [5.74, 6) is 0.0526.